The van der Waals surface area contributed by atoms with Crippen LogP contribution in [0.1, 0.15) is 10.6 Å². The van der Waals surface area contributed by atoms with Gasteiger partial charge in [-0.2, -0.15) is 0 Å². The van der Waals surface area contributed by atoms with Crippen molar-refractivity contribution in [2.24, 2.45) is 0 Å². The summed E-state index contributed by atoms with van der Waals surface area (Å²) < 4.78 is 9.66. The van der Waals surface area contributed by atoms with E-state index >= 15 is 0 Å². The molecule has 0 atom stereocenters. The Morgan fingerprint density at radius 3 is 2.71 bits per heavy atom. The molecular weight excluding hydrogens is 282 g/mol. The van der Waals surface area contributed by atoms with Crippen LogP contribution >= 0.6 is 0 Å². The molecule has 0 aliphatic carbocycles. The standard InChI is InChI=1S/C12H11N3O6/c16-4-5-20-9-7(15-12-13-2-1-3-14-12)6-8(10(17)18)21-11(9)19/h1-3,6,16H,4-5H2,(H,17,18)(H,13,14,15). The first-order valence-corrected chi connectivity index (χ1v) is 5.81. The van der Waals surface area contributed by atoms with Crippen LogP contribution in [0.3, 0.4) is 0 Å². The van der Waals surface area contributed by atoms with Gasteiger partial charge >= 0.3 is 11.6 Å². The van der Waals surface area contributed by atoms with Crippen molar-refractivity contribution in [2.75, 3.05) is 18.5 Å². The van der Waals surface area contributed by atoms with Gasteiger partial charge in [0.2, 0.25) is 17.5 Å². The number of hydrogen-bond acceptors (Lipinski definition) is 8. The Labute approximate surface area is 117 Å². The molecule has 0 unspecified atom stereocenters. The number of aliphatic hydroxyl groups is 1. The summed E-state index contributed by atoms with van der Waals surface area (Å²) >= 11 is 0. The number of carboxylic acid groups (broad SMARTS) is 1. The molecule has 0 aromatic carbocycles. The highest BCUT2D eigenvalue weighted by molar-refractivity contribution is 5.86. The number of aromatic nitrogens is 2. The third-order valence-corrected chi connectivity index (χ3v) is 2.27. The second-order valence-electron chi connectivity index (χ2n) is 3.72. The van der Waals surface area contributed by atoms with E-state index < -0.39 is 17.4 Å². The van der Waals surface area contributed by atoms with Crippen LogP contribution in [0.5, 0.6) is 5.75 Å². The van der Waals surface area contributed by atoms with Crippen LogP contribution in [-0.2, 0) is 0 Å². The molecule has 3 N–H and O–H groups in total. The van der Waals surface area contributed by atoms with Crippen molar-refractivity contribution < 1.29 is 24.2 Å². The van der Waals surface area contributed by atoms with Crippen molar-refractivity contribution in [1.29, 1.82) is 0 Å². The van der Waals surface area contributed by atoms with Gasteiger partial charge in [0.05, 0.1) is 12.3 Å². The SMILES string of the molecule is O=C(O)c1cc(Nc2ncccn2)c(OCCO)c(=O)o1. The van der Waals surface area contributed by atoms with Crippen LogP contribution in [0.25, 0.3) is 0 Å². The third kappa shape index (κ3) is 3.54. The van der Waals surface area contributed by atoms with Gasteiger partial charge in [0.1, 0.15) is 6.61 Å². The number of nitrogens with zero attached hydrogens (tertiary/aromatic N) is 2. The van der Waals surface area contributed by atoms with Crippen LogP contribution in [0.15, 0.2) is 33.7 Å². The lowest BCUT2D eigenvalue weighted by molar-refractivity contribution is 0.0655. The quantitative estimate of drug-likeness (QED) is 0.684. The molecule has 0 aliphatic rings. The number of carbonyl (C=O) groups is 1. The molecule has 0 bridgehead atoms. The monoisotopic (exact) mass is 293 g/mol. The zero-order chi connectivity index (χ0) is 15.2. The maximum atomic E-state index is 11.7. The first kappa shape index (κ1) is 14.5. The highest BCUT2D eigenvalue weighted by Gasteiger charge is 2.17. The smallest absolute Gasteiger partial charge is 0.381 e. The van der Waals surface area contributed by atoms with Crippen LogP contribution in [0.2, 0.25) is 0 Å². The predicted molar refractivity (Wildman–Crippen MR) is 69.8 cm³/mol. The molecule has 0 fully saturated rings. The minimum Gasteiger partial charge on any atom is -0.483 e. The third-order valence-electron chi connectivity index (χ3n) is 2.27. The van der Waals surface area contributed by atoms with Gasteiger partial charge in [0.15, 0.2) is 0 Å². The number of nitrogens with one attached hydrogen (secondary N) is 1. The molecule has 2 rings (SSSR count). The Balaban J connectivity index is 2.43. The Morgan fingerprint density at radius 1 is 1.38 bits per heavy atom. The summed E-state index contributed by atoms with van der Waals surface area (Å²) in [4.78, 5) is 30.4. The molecule has 0 aliphatic heterocycles. The second-order valence-corrected chi connectivity index (χ2v) is 3.72. The van der Waals surface area contributed by atoms with Crippen LogP contribution in [0, 0.1) is 0 Å². The van der Waals surface area contributed by atoms with E-state index in [9.17, 15) is 9.59 Å². The number of anilines is 2. The molecule has 110 valence electrons. The zero-order valence-electron chi connectivity index (χ0n) is 10.6. The van der Waals surface area contributed by atoms with Gasteiger partial charge in [-0.05, 0) is 6.07 Å². The Morgan fingerprint density at radius 2 is 2.10 bits per heavy atom. The molecule has 0 amide bonds. The maximum absolute atomic E-state index is 11.7. The normalized spacial score (nSPS) is 10.1. The van der Waals surface area contributed by atoms with Gasteiger partial charge in [-0.1, -0.05) is 0 Å². The number of hydrogen-bond donors (Lipinski definition) is 3. The number of rotatable bonds is 6. The van der Waals surface area contributed by atoms with Gasteiger partial charge < -0.3 is 24.7 Å². The molecule has 0 saturated carbocycles. The molecular formula is C12H11N3O6. The summed E-state index contributed by atoms with van der Waals surface area (Å²) in [5, 5.41) is 20.3. The van der Waals surface area contributed by atoms with E-state index in [0.717, 1.165) is 6.07 Å². The number of aliphatic hydroxyl groups excluding tert-OH is 1. The van der Waals surface area contributed by atoms with E-state index in [1.54, 1.807) is 6.07 Å². The maximum Gasteiger partial charge on any atom is 0.381 e. The first-order valence-electron chi connectivity index (χ1n) is 5.81. The Hall–Kier alpha value is -2.94. The second kappa shape index (κ2) is 6.48. The number of aromatic carboxylic acids is 1. The largest absolute Gasteiger partial charge is 0.483 e. The van der Waals surface area contributed by atoms with E-state index in [2.05, 4.69) is 19.7 Å². The van der Waals surface area contributed by atoms with E-state index in [0.29, 0.717) is 0 Å². The topological polar surface area (TPSA) is 135 Å². The summed E-state index contributed by atoms with van der Waals surface area (Å²) in [7, 11) is 0. The lowest BCUT2D eigenvalue weighted by Crippen LogP contribution is -2.15. The van der Waals surface area contributed by atoms with Crippen molar-refractivity contribution in [3.63, 3.8) is 0 Å². The van der Waals surface area contributed by atoms with E-state index in [-0.39, 0.29) is 30.6 Å². The molecule has 9 heteroatoms. The summed E-state index contributed by atoms with van der Waals surface area (Å²) in [6.45, 7) is -0.469. The fraction of sp³-hybridized carbons (Fsp3) is 0.167. The fourth-order valence-electron chi connectivity index (χ4n) is 1.45. The van der Waals surface area contributed by atoms with E-state index in [4.69, 9.17) is 14.9 Å². The van der Waals surface area contributed by atoms with Crippen LogP contribution in [0.4, 0.5) is 11.6 Å². The van der Waals surface area contributed by atoms with Crippen molar-refractivity contribution in [3.8, 4) is 5.75 Å². The van der Waals surface area contributed by atoms with E-state index in [1.807, 2.05) is 0 Å². The van der Waals surface area contributed by atoms with Gasteiger partial charge in [0, 0.05) is 18.5 Å². The molecule has 0 spiro atoms. The highest BCUT2D eigenvalue weighted by atomic mass is 16.5. The molecule has 0 radical (unpaired) electrons. The Kier molecular flexibility index (Phi) is 4.46. The molecule has 2 aromatic heterocycles. The summed E-state index contributed by atoms with van der Waals surface area (Å²) in [5.74, 6) is -2.08. The molecule has 21 heavy (non-hydrogen) atoms. The average molecular weight is 293 g/mol. The highest BCUT2D eigenvalue weighted by Crippen LogP contribution is 2.24. The average Bonchev–Trinajstić information content (AvgIpc) is 2.47. The van der Waals surface area contributed by atoms with Gasteiger partial charge in [-0.25, -0.2) is 19.6 Å². The van der Waals surface area contributed by atoms with Crippen molar-refractivity contribution >= 4 is 17.6 Å². The molecule has 0 saturated heterocycles. The van der Waals surface area contributed by atoms with Crippen LogP contribution < -0.4 is 15.7 Å². The van der Waals surface area contributed by atoms with Crippen LogP contribution in [-0.4, -0.2) is 39.4 Å². The van der Waals surface area contributed by atoms with Crippen molar-refractivity contribution in [2.45, 2.75) is 0 Å². The molecule has 9 nitrogen and oxygen atoms in total. The summed E-state index contributed by atoms with van der Waals surface area (Å²) in [6, 6.07) is 2.67. The number of ether oxygens (including phenoxy) is 1. The minimum absolute atomic E-state index is 0.0308. The lowest BCUT2D eigenvalue weighted by atomic mass is 10.3. The summed E-state index contributed by atoms with van der Waals surface area (Å²) in [5.41, 5.74) is -0.954. The van der Waals surface area contributed by atoms with Crippen molar-refractivity contribution in [3.05, 3.63) is 40.7 Å². The fourth-order valence-corrected chi connectivity index (χ4v) is 1.45. The minimum atomic E-state index is -1.40. The zero-order valence-corrected chi connectivity index (χ0v) is 10.6. The van der Waals surface area contributed by atoms with Gasteiger partial charge in [-0.3, -0.25) is 0 Å². The summed E-state index contributed by atoms with van der Waals surface area (Å²) in [6.07, 6.45) is 2.93. The van der Waals surface area contributed by atoms with Gasteiger partial charge in [0.25, 0.3) is 0 Å². The van der Waals surface area contributed by atoms with Crippen molar-refractivity contribution in [1.82, 2.24) is 9.97 Å². The molecule has 2 aromatic rings. The van der Waals surface area contributed by atoms with E-state index in [1.165, 1.54) is 12.4 Å². The lowest BCUT2D eigenvalue weighted by Gasteiger charge is -2.10. The Bertz CT molecular complexity index is 685. The number of carboxylic acids is 1. The predicted octanol–water partition coefficient (Wildman–Crippen LogP) is 0.243. The first-order chi connectivity index (χ1) is 10.1. The molecule has 2 heterocycles. The van der Waals surface area contributed by atoms with Gasteiger partial charge in [-0.15, -0.1) is 0 Å².